The number of sulfonamides is 1. The highest BCUT2D eigenvalue weighted by Gasteiger charge is 2.26. The van der Waals surface area contributed by atoms with Gasteiger partial charge in [-0.05, 0) is 58.4 Å². The smallest absolute Gasteiger partial charge is 0.310 e. The number of carbonyl (C=O) groups is 2. The minimum absolute atomic E-state index is 0.0454. The van der Waals surface area contributed by atoms with Gasteiger partial charge in [-0.25, -0.2) is 18.1 Å². The van der Waals surface area contributed by atoms with E-state index in [1.165, 1.54) is 24.3 Å². The number of esters is 1. The van der Waals surface area contributed by atoms with Crippen LogP contribution in [-0.2, 0) is 30.8 Å². The van der Waals surface area contributed by atoms with E-state index in [1.807, 2.05) is 24.3 Å². The second-order valence-electron chi connectivity index (χ2n) is 9.69. The molecule has 0 bridgehead atoms. The van der Waals surface area contributed by atoms with E-state index in [0.29, 0.717) is 21.1 Å². The number of ether oxygens (including phenoxy) is 1. The molecule has 0 saturated carbocycles. The monoisotopic (exact) mass is 529 g/mol. The summed E-state index contributed by atoms with van der Waals surface area (Å²) in [5.74, 6) is -0.602. The van der Waals surface area contributed by atoms with Crippen molar-refractivity contribution in [1.29, 1.82) is 0 Å². The summed E-state index contributed by atoms with van der Waals surface area (Å²) in [5.41, 5.74) is 1.77. The van der Waals surface area contributed by atoms with Crippen molar-refractivity contribution >= 4 is 38.9 Å². The van der Waals surface area contributed by atoms with E-state index in [0.717, 1.165) is 11.1 Å². The minimum Gasteiger partial charge on any atom is -0.463 e. The molecule has 1 heterocycles. The third kappa shape index (κ3) is 7.46. The summed E-state index contributed by atoms with van der Waals surface area (Å²) in [6, 6.07) is 12.2. The van der Waals surface area contributed by atoms with Crippen LogP contribution in [0.2, 0.25) is 0 Å². The normalized spacial score (nSPS) is 12.0. The Morgan fingerprint density at radius 2 is 1.83 bits per heavy atom. The summed E-state index contributed by atoms with van der Waals surface area (Å²) in [4.78, 5) is 28.8. The number of amides is 1. The minimum atomic E-state index is -3.91. The van der Waals surface area contributed by atoms with Crippen LogP contribution >= 0.6 is 11.3 Å². The summed E-state index contributed by atoms with van der Waals surface area (Å²) in [7, 11) is -3.91. The summed E-state index contributed by atoms with van der Waals surface area (Å²) >= 11 is 1.34. The maximum Gasteiger partial charge on any atom is 0.310 e. The van der Waals surface area contributed by atoms with Gasteiger partial charge >= 0.3 is 5.97 Å². The maximum absolute atomic E-state index is 13.3. The number of rotatable bonds is 8. The Bertz CT molecular complexity index is 1370. The average Bonchev–Trinajstić information content (AvgIpc) is 3.21. The van der Waals surface area contributed by atoms with Crippen LogP contribution in [0.25, 0.3) is 21.0 Å². The molecular formula is C26H31N3O5S2. The first-order chi connectivity index (χ1) is 16.7. The second kappa shape index (κ2) is 10.9. The van der Waals surface area contributed by atoms with Gasteiger partial charge in [-0.3, -0.25) is 9.59 Å². The molecular weight excluding hydrogens is 498 g/mol. The van der Waals surface area contributed by atoms with Gasteiger partial charge in [0.2, 0.25) is 15.9 Å². The second-order valence-corrected chi connectivity index (χ2v) is 12.4. The van der Waals surface area contributed by atoms with Gasteiger partial charge in [0, 0.05) is 35.5 Å². The van der Waals surface area contributed by atoms with Gasteiger partial charge in [0.1, 0.15) is 5.01 Å². The largest absolute Gasteiger partial charge is 0.463 e. The molecule has 0 saturated heterocycles. The van der Waals surface area contributed by atoms with Crippen molar-refractivity contribution in [3.63, 3.8) is 0 Å². The molecule has 0 fully saturated rings. The van der Waals surface area contributed by atoms with E-state index in [9.17, 15) is 18.0 Å². The number of hydrogen-bond donors (Lipinski definition) is 2. The molecule has 2 N–H and O–H groups in total. The molecule has 2 aromatic carbocycles. The molecule has 36 heavy (non-hydrogen) atoms. The van der Waals surface area contributed by atoms with Gasteiger partial charge in [-0.2, -0.15) is 0 Å². The Labute approximate surface area is 216 Å². The molecule has 8 nitrogen and oxygen atoms in total. The Balaban J connectivity index is 2.00. The standard InChI is InChI=1S/C26H31N3O5S2/c1-16(2)34-24(31)13-18-8-7-9-19(12-18)25-27-15-22(35-25)21-11-10-20(28-17(3)30)14-23(21)36(32,33)29-26(4,5)6/h7-12,14-16,29H,13H2,1-6H3,(H,28,30). The molecule has 0 atom stereocenters. The molecule has 0 aliphatic heterocycles. The molecule has 0 radical (unpaired) electrons. The number of carbonyl (C=O) groups excluding carboxylic acids is 2. The number of nitrogens with one attached hydrogen (secondary N) is 2. The highest BCUT2D eigenvalue weighted by Crippen LogP contribution is 2.37. The van der Waals surface area contributed by atoms with Crippen molar-refractivity contribution in [2.75, 3.05) is 5.32 Å². The molecule has 3 aromatic rings. The van der Waals surface area contributed by atoms with Crippen LogP contribution < -0.4 is 10.0 Å². The molecule has 3 rings (SSSR count). The quantitative estimate of drug-likeness (QED) is 0.397. The van der Waals surface area contributed by atoms with E-state index in [4.69, 9.17) is 4.74 Å². The number of hydrogen-bond acceptors (Lipinski definition) is 7. The van der Waals surface area contributed by atoms with Gasteiger partial charge in [0.15, 0.2) is 0 Å². The molecule has 192 valence electrons. The van der Waals surface area contributed by atoms with Crippen molar-refractivity contribution in [2.24, 2.45) is 0 Å². The van der Waals surface area contributed by atoms with Gasteiger partial charge in [0.25, 0.3) is 0 Å². The maximum atomic E-state index is 13.3. The van der Waals surface area contributed by atoms with E-state index < -0.39 is 15.6 Å². The average molecular weight is 530 g/mol. The summed E-state index contributed by atoms with van der Waals surface area (Å²) < 4.78 is 34.5. The zero-order valence-electron chi connectivity index (χ0n) is 21.2. The molecule has 0 aliphatic carbocycles. The third-order valence-corrected chi connectivity index (χ3v) is 7.57. The predicted octanol–water partition coefficient (Wildman–Crippen LogP) is 5.01. The first kappa shape index (κ1) is 27.5. The van der Waals surface area contributed by atoms with Crippen LogP contribution in [0.3, 0.4) is 0 Å². The zero-order chi connectivity index (χ0) is 26.7. The number of aromatic nitrogens is 1. The number of thiazole rings is 1. The van der Waals surface area contributed by atoms with Gasteiger partial charge in [0.05, 0.1) is 22.3 Å². The van der Waals surface area contributed by atoms with Crippen LogP contribution in [0.15, 0.2) is 53.6 Å². The summed E-state index contributed by atoms with van der Waals surface area (Å²) in [5, 5.41) is 3.32. The summed E-state index contributed by atoms with van der Waals surface area (Å²) in [6.07, 6.45) is 1.59. The lowest BCUT2D eigenvalue weighted by Crippen LogP contribution is -2.40. The van der Waals surface area contributed by atoms with E-state index in [2.05, 4.69) is 15.0 Å². The van der Waals surface area contributed by atoms with Crippen LogP contribution in [0.1, 0.15) is 47.1 Å². The van der Waals surface area contributed by atoms with Crippen LogP contribution in [0.4, 0.5) is 5.69 Å². The van der Waals surface area contributed by atoms with Gasteiger partial charge < -0.3 is 10.1 Å². The lowest BCUT2D eigenvalue weighted by Gasteiger charge is -2.22. The fourth-order valence-corrected chi connectivity index (χ4v) is 6.19. The SMILES string of the molecule is CC(=O)Nc1ccc(-c2cnc(-c3cccc(CC(=O)OC(C)C)c3)s2)c(S(=O)(=O)NC(C)(C)C)c1. The lowest BCUT2D eigenvalue weighted by molar-refractivity contribution is -0.146. The topological polar surface area (TPSA) is 114 Å². The Morgan fingerprint density at radius 3 is 2.47 bits per heavy atom. The molecule has 0 unspecified atom stereocenters. The Hall–Kier alpha value is -3.08. The lowest BCUT2D eigenvalue weighted by atomic mass is 10.1. The van der Waals surface area contributed by atoms with Crippen molar-refractivity contribution in [2.45, 2.75) is 64.5 Å². The van der Waals surface area contributed by atoms with E-state index in [-0.39, 0.29) is 29.3 Å². The molecule has 0 aliphatic rings. The first-order valence-electron chi connectivity index (χ1n) is 11.4. The predicted molar refractivity (Wildman–Crippen MR) is 142 cm³/mol. The molecule has 1 aromatic heterocycles. The van der Waals surface area contributed by atoms with Crippen molar-refractivity contribution in [3.8, 4) is 21.0 Å². The number of benzene rings is 2. The first-order valence-corrected chi connectivity index (χ1v) is 13.7. The van der Waals surface area contributed by atoms with Gasteiger partial charge in [-0.15, -0.1) is 11.3 Å². The van der Waals surface area contributed by atoms with E-state index in [1.54, 1.807) is 52.9 Å². The highest BCUT2D eigenvalue weighted by molar-refractivity contribution is 7.89. The fraction of sp³-hybridized carbons (Fsp3) is 0.346. The summed E-state index contributed by atoms with van der Waals surface area (Å²) in [6.45, 7) is 10.3. The van der Waals surface area contributed by atoms with Crippen molar-refractivity contribution < 1.29 is 22.7 Å². The van der Waals surface area contributed by atoms with Crippen molar-refractivity contribution in [3.05, 3.63) is 54.2 Å². The van der Waals surface area contributed by atoms with Crippen LogP contribution in [-0.4, -0.2) is 36.9 Å². The third-order valence-electron chi connectivity index (χ3n) is 4.69. The Morgan fingerprint density at radius 1 is 1.11 bits per heavy atom. The number of anilines is 1. The fourth-order valence-electron chi connectivity index (χ4n) is 3.50. The molecule has 1 amide bonds. The highest BCUT2D eigenvalue weighted by atomic mass is 32.2. The van der Waals surface area contributed by atoms with Crippen molar-refractivity contribution in [1.82, 2.24) is 9.71 Å². The van der Waals surface area contributed by atoms with Crippen LogP contribution in [0.5, 0.6) is 0 Å². The van der Waals surface area contributed by atoms with Gasteiger partial charge in [-0.1, -0.05) is 24.3 Å². The number of nitrogens with zero attached hydrogens (tertiary/aromatic N) is 1. The molecule has 0 spiro atoms. The molecule has 10 heteroatoms. The Kier molecular flexibility index (Phi) is 8.33. The van der Waals surface area contributed by atoms with Crippen LogP contribution in [0, 0.1) is 0 Å². The zero-order valence-corrected chi connectivity index (χ0v) is 22.8. The van der Waals surface area contributed by atoms with E-state index >= 15 is 0 Å².